The summed E-state index contributed by atoms with van der Waals surface area (Å²) in [6, 6.07) is 8.94. The zero-order valence-corrected chi connectivity index (χ0v) is 18.6. The van der Waals surface area contributed by atoms with Gasteiger partial charge < -0.3 is 4.90 Å². The summed E-state index contributed by atoms with van der Waals surface area (Å²) < 4.78 is 38.1. The van der Waals surface area contributed by atoms with Gasteiger partial charge in [0.25, 0.3) is 0 Å². The normalized spacial score (nSPS) is 15.6. The molecule has 1 aliphatic rings. The third-order valence-corrected chi connectivity index (χ3v) is 7.77. The van der Waals surface area contributed by atoms with E-state index in [1.807, 2.05) is 26.0 Å². The third-order valence-electron chi connectivity index (χ3n) is 5.29. The maximum atomic E-state index is 13.2. The zero-order chi connectivity index (χ0) is 21.6. The quantitative estimate of drug-likeness (QED) is 0.457. The Kier molecular flexibility index (Phi) is 4.91. The summed E-state index contributed by atoms with van der Waals surface area (Å²) in [7, 11) is -3.65. The molecule has 4 heterocycles. The Bertz CT molecular complexity index is 1360. The molecule has 1 aromatic carbocycles. The van der Waals surface area contributed by atoms with Gasteiger partial charge in [-0.3, -0.25) is 0 Å². The van der Waals surface area contributed by atoms with Crippen LogP contribution in [0.15, 0.2) is 41.6 Å². The second kappa shape index (κ2) is 7.62. The number of hydrogen-bond donors (Lipinski definition) is 0. The second-order valence-corrected chi connectivity index (χ2v) is 9.79. The molecule has 10 nitrogen and oxygen atoms in total. The number of fused-ring (bicyclic) bond motifs is 1. The first-order valence-electron chi connectivity index (χ1n) is 9.75. The topological polar surface area (TPSA) is 110 Å². The molecule has 0 bridgehead atoms. The van der Waals surface area contributed by atoms with E-state index in [4.69, 9.17) is 0 Å². The number of benzene rings is 1. The van der Waals surface area contributed by atoms with E-state index in [1.165, 1.54) is 10.6 Å². The van der Waals surface area contributed by atoms with Crippen LogP contribution in [0.5, 0.6) is 0 Å². The maximum absolute atomic E-state index is 13.2. The Morgan fingerprint density at radius 1 is 0.968 bits per heavy atom. The Morgan fingerprint density at radius 3 is 2.48 bits per heavy atom. The molecule has 0 N–H and O–H groups in total. The van der Waals surface area contributed by atoms with Gasteiger partial charge in [0.15, 0.2) is 5.82 Å². The number of piperazine rings is 1. The zero-order valence-electron chi connectivity index (χ0n) is 17.0. The van der Waals surface area contributed by atoms with Crippen LogP contribution in [0, 0.1) is 13.8 Å². The molecule has 5 rings (SSSR count). The number of sulfonamides is 1. The molecule has 0 amide bonds. The first-order valence-corrected chi connectivity index (χ1v) is 11.9. The molecule has 160 valence electrons. The van der Waals surface area contributed by atoms with Crippen LogP contribution in [0.2, 0.25) is 0 Å². The van der Waals surface area contributed by atoms with Crippen molar-refractivity contribution in [2.75, 3.05) is 31.1 Å². The van der Waals surface area contributed by atoms with E-state index in [-0.39, 0.29) is 4.90 Å². The predicted molar refractivity (Wildman–Crippen MR) is 117 cm³/mol. The van der Waals surface area contributed by atoms with Crippen LogP contribution in [0.4, 0.5) is 5.82 Å². The van der Waals surface area contributed by atoms with Crippen molar-refractivity contribution in [3.05, 3.63) is 48.0 Å². The van der Waals surface area contributed by atoms with E-state index in [1.54, 1.807) is 22.9 Å². The molecule has 31 heavy (non-hydrogen) atoms. The number of aryl methyl sites for hydroxylation is 2. The van der Waals surface area contributed by atoms with Crippen LogP contribution in [-0.2, 0) is 10.0 Å². The average Bonchev–Trinajstić information content (AvgIpc) is 3.39. The molecule has 0 unspecified atom stereocenters. The third kappa shape index (κ3) is 3.56. The summed E-state index contributed by atoms with van der Waals surface area (Å²) in [6.45, 7) is 5.68. The van der Waals surface area contributed by atoms with E-state index in [9.17, 15) is 8.42 Å². The molecule has 3 aromatic heterocycles. The Hall–Kier alpha value is -2.96. The SMILES string of the molecule is Cc1cc(C)n(-c2cc(N3CCN(S(=O)(=O)c4cccc5nsnc45)CC3)ncn2)n1. The van der Waals surface area contributed by atoms with Gasteiger partial charge in [-0.05, 0) is 32.0 Å². The molecular formula is C19H20N8O2S2. The van der Waals surface area contributed by atoms with Crippen LogP contribution in [0.1, 0.15) is 11.4 Å². The van der Waals surface area contributed by atoms with Crippen molar-refractivity contribution in [1.29, 1.82) is 0 Å². The van der Waals surface area contributed by atoms with Crippen molar-refractivity contribution < 1.29 is 8.42 Å². The minimum absolute atomic E-state index is 0.209. The van der Waals surface area contributed by atoms with E-state index < -0.39 is 10.0 Å². The minimum Gasteiger partial charge on any atom is -0.354 e. The highest BCUT2D eigenvalue weighted by Crippen LogP contribution is 2.26. The molecule has 0 atom stereocenters. The van der Waals surface area contributed by atoms with Crippen LogP contribution >= 0.6 is 11.7 Å². The lowest BCUT2D eigenvalue weighted by Crippen LogP contribution is -2.49. The molecule has 1 fully saturated rings. The van der Waals surface area contributed by atoms with Gasteiger partial charge in [0.05, 0.1) is 17.4 Å². The van der Waals surface area contributed by atoms with Crippen molar-refractivity contribution in [3.8, 4) is 5.82 Å². The molecular weight excluding hydrogens is 436 g/mol. The Balaban J connectivity index is 1.36. The van der Waals surface area contributed by atoms with Crippen molar-refractivity contribution in [3.63, 3.8) is 0 Å². The van der Waals surface area contributed by atoms with E-state index >= 15 is 0 Å². The lowest BCUT2D eigenvalue weighted by atomic mass is 10.3. The van der Waals surface area contributed by atoms with E-state index in [0.717, 1.165) is 28.9 Å². The van der Waals surface area contributed by atoms with Crippen molar-refractivity contribution in [1.82, 2.24) is 32.8 Å². The number of hydrogen-bond acceptors (Lipinski definition) is 9. The molecule has 4 aromatic rings. The summed E-state index contributed by atoms with van der Waals surface area (Å²) in [6.07, 6.45) is 1.51. The van der Waals surface area contributed by atoms with Gasteiger partial charge in [-0.1, -0.05) is 6.07 Å². The fourth-order valence-corrected chi connectivity index (χ4v) is 5.95. The highest BCUT2D eigenvalue weighted by molar-refractivity contribution is 7.89. The minimum atomic E-state index is -3.65. The summed E-state index contributed by atoms with van der Waals surface area (Å²) in [5.41, 5.74) is 2.94. The molecule has 0 aliphatic carbocycles. The summed E-state index contributed by atoms with van der Waals surface area (Å²) >= 11 is 1.02. The standard InChI is InChI=1S/C19H20N8O2S2/c1-13-10-14(2)27(22-13)18-11-17(20-12-21-18)25-6-8-26(9-7-25)31(28,29)16-5-3-4-15-19(16)24-30-23-15/h3-5,10-12H,6-9H2,1-2H3. The van der Waals surface area contributed by atoms with Gasteiger partial charge in [-0.2, -0.15) is 18.2 Å². The fourth-order valence-electron chi connectivity index (χ4n) is 3.77. The van der Waals surface area contributed by atoms with Gasteiger partial charge in [0.1, 0.15) is 28.1 Å². The number of anilines is 1. The molecule has 0 saturated carbocycles. The summed E-state index contributed by atoms with van der Waals surface area (Å²) in [5, 5.41) is 4.48. The molecule has 0 radical (unpaired) electrons. The van der Waals surface area contributed by atoms with Gasteiger partial charge in [0.2, 0.25) is 10.0 Å². The Labute approximate surface area is 183 Å². The smallest absolute Gasteiger partial charge is 0.245 e. The highest BCUT2D eigenvalue weighted by atomic mass is 32.2. The molecule has 1 aliphatic heterocycles. The number of aromatic nitrogens is 6. The lowest BCUT2D eigenvalue weighted by Gasteiger charge is -2.34. The monoisotopic (exact) mass is 456 g/mol. The van der Waals surface area contributed by atoms with Crippen molar-refractivity contribution in [2.45, 2.75) is 18.7 Å². The summed E-state index contributed by atoms with van der Waals surface area (Å²) in [5.74, 6) is 1.44. The van der Waals surface area contributed by atoms with Crippen molar-refractivity contribution in [2.24, 2.45) is 0 Å². The predicted octanol–water partition coefficient (Wildman–Crippen LogP) is 1.79. The largest absolute Gasteiger partial charge is 0.354 e. The summed E-state index contributed by atoms with van der Waals surface area (Å²) in [4.78, 5) is 11.0. The lowest BCUT2D eigenvalue weighted by molar-refractivity contribution is 0.384. The highest BCUT2D eigenvalue weighted by Gasteiger charge is 2.31. The van der Waals surface area contributed by atoms with Crippen molar-refractivity contribution >= 4 is 38.6 Å². The molecule has 1 saturated heterocycles. The van der Waals surface area contributed by atoms with Crippen LogP contribution in [0.25, 0.3) is 16.9 Å². The van der Waals surface area contributed by atoms with Gasteiger partial charge in [-0.25, -0.2) is 23.1 Å². The van der Waals surface area contributed by atoms with E-state index in [2.05, 4.69) is 28.7 Å². The van der Waals surface area contributed by atoms with Crippen LogP contribution in [0.3, 0.4) is 0 Å². The maximum Gasteiger partial charge on any atom is 0.245 e. The van der Waals surface area contributed by atoms with E-state index in [0.29, 0.717) is 43.0 Å². The van der Waals surface area contributed by atoms with Gasteiger partial charge in [0, 0.05) is 37.9 Å². The first-order chi connectivity index (χ1) is 14.9. The van der Waals surface area contributed by atoms with Gasteiger partial charge in [-0.15, -0.1) is 0 Å². The Morgan fingerprint density at radius 2 is 1.74 bits per heavy atom. The number of rotatable bonds is 4. The average molecular weight is 457 g/mol. The number of nitrogens with zero attached hydrogens (tertiary/aromatic N) is 8. The van der Waals surface area contributed by atoms with Gasteiger partial charge >= 0.3 is 0 Å². The fraction of sp³-hybridized carbons (Fsp3) is 0.316. The van der Waals surface area contributed by atoms with Crippen LogP contribution in [-0.4, -0.2) is 67.4 Å². The molecule has 12 heteroatoms. The van der Waals surface area contributed by atoms with Crippen LogP contribution < -0.4 is 4.90 Å². The first kappa shape index (κ1) is 20.0. The molecule has 0 spiro atoms. The second-order valence-electron chi connectivity index (χ2n) is 7.35.